The summed E-state index contributed by atoms with van der Waals surface area (Å²) in [5, 5.41) is 6.90. The first-order valence-corrected chi connectivity index (χ1v) is 5.90. The molecule has 0 radical (unpaired) electrons. The molecule has 21 heavy (non-hydrogen) atoms. The van der Waals surface area contributed by atoms with E-state index >= 15 is 0 Å². The van der Waals surface area contributed by atoms with Gasteiger partial charge >= 0.3 is 12.2 Å². The average Bonchev–Trinajstić information content (AvgIpc) is 2.94. The van der Waals surface area contributed by atoms with Gasteiger partial charge in [0.05, 0.1) is 24.4 Å². The normalized spacial score (nSPS) is 11.8. The Hall–Kier alpha value is -2.64. The monoisotopic (exact) mass is 294 g/mol. The van der Waals surface area contributed by atoms with Crippen LogP contribution >= 0.6 is 0 Å². The molecule has 8 heteroatoms. The van der Waals surface area contributed by atoms with Gasteiger partial charge in [0.2, 0.25) is 0 Å². The van der Waals surface area contributed by atoms with Gasteiger partial charge in [-0.25, -0.2) is 9.97 Å². The van der Waals surface area contributed by atoms with Crippen LogP contribution in [0.25, 0.3) is 22.0 Å². The topological polar surface area (TPSA) is 63.7 Å². The summed E-state index contributed by atoms with van der Waals surface area (Å²) in [5.74, 6) is 0. The lowest BCUT2D eigenvalue weighted by molar-refractivity contribution is -0.137. The minimum Gasteiger partial charge on any atom is -0.467 e. The van der Waals surface area contributed by atoms with Gasteiger partial charge in [-0.3, -0.25) is 5.10 Å². The first-order valence-electron chi connectivity index (χ1n) is 5.90. The van der Waals surface area contributed by atoms with E-state index in [0.717, 1.165) is 12.1 Å². The van der Waals surface area contributed by atoms with Crippen LogP contribution < -0.4 is 4.74 Å². The van der Waals surface area contributed by atoms with Crippen molar-refractivity contribution in [3.05, 3.63) is 36.3 Å². The van der Waals surface area contributed by atoms with Crippen molar-refractivity contribution in [1.29, 1.82) is 0 Å². The van der Waals surface area contributed by atoms with E-state index in [4.69, 9.17) is 4.74 Å². The third kappa shape index (κ3) is 2.39. The van der Waals surface area contributed by atoms with Crippen LogP contribution in [0.1, 0.15) is 5.56 Å². The van der Waals surface area contributed by atoms with Gasteiger partial charge in [0.25, 0.3) is 0 Å². The van der Waals surface area contributed by atoms with Crippen molar-refractivity contribution in [2.24, 2.45) is 0 Å². The van der Waals surface area contributed by atoms with E-state index in [0.29, 0.717) is 22.0 Å². The highest BCUT2D eigenvalue weighted by atomic mass is 19.4. The molecule has 2 heterocycles. The molecule has 0 saturated carbocycles. The summed E-state index contributed by atoms with van der Waals surface area (Å²) in [7, 11) is 1.41. The van der Waals surface area contributed by atoms with Crippen molar-refractivity contribution in [2.45, 2.75) is 6.18 Å². The minimum atomic E-state index is -4.44. The number of rotatable bonds is 2. The molecular weight excluding hydrogens is 285 g/mol. The van der Waals surface area contributed by atoms with E-state index in [9.17, 15) is 13.2 Å². The molecule has 0 bridgehead atoms. The molecule has 3 aromatic rings. The van der Waals surface area contributed by atoms with E-state index in [1.54, 1.807) is 0 Å². The highest BCUT2D eigenvalue weighted by Gasteiger charge is 2.31. The highest BCUT2D eigenvalue weighted by molar-refractivity contribution is 5.94. The maximum absolute atomic E-state index is 13.0. The van der Waals surface area contributed by atoms with Crippen LogP contribution in [0.2, 0.25) is 0 Å². The summed E-state index contributed by atoms with van der Waals surface area (Å²) in [4.78, 5) is 7.82. The van der Waals surface area contributed by atoms with Gasteiger partial charge in [-0.2, -0.15) is 18.3 Å². The molecule has 3 rings (SSSR count). The summed E-state index contributed by atoms with van der Waals surface area (Å²) < 4.78 is 43.7. The third-order valence-electron chi connectivity index (χ3n) is 3.01. The zero-order chi connectivity index (χ0) is 15.0. The molecule has 1 aromatic carbocycles. The molecule has 0 aliphatic heterocycles. The Bertz CT molecular complexity index is 780. The number of benzene rings is 1. The van der Waals surface area contributed by atoms with Crippen LogP contribution in [-0.4, -0.2) is 27.3 Å². The third-order valence-corrected chi connectivity index (χ3v) is 3.01. The number of nitrogens with zero attached hydrogens (tertiary/aromatic N) is 3. The predicted octanol–water partition coefficient (Wildman–Crippen LogP) is 3.05. The van der Waals surface area contributed by atoms with E-state index in [2.05, 4.69) is 20.2 Å². The van der Waals surface area contributed by atoms with E-state index in [-0.39, 0.29) is 6.01 Å². The number of fused-ring (bicyclic) bond motifs is 1. The largest absolute Gasteiger partial charge is 0.467 e. The number of alkyl halides is 3. The average molecular weight is 294 g/mol. The summed E-state index contributed by atoms with van der Waals surface area (Å²) in [6.45, 7) is 0. The zero-order valence-electron chi connectivity index (χ0n) is 10.8. The molecular formula is C13H9F3N4O. The smallest absolute Gasteiger partial charge is 0.416 e. The lowest BCUT2D eigenvalue weighted by Crippen LogP contribution is -2.05. The molecule has 0 amide bonds. The van der Waals surface area contributed by atoms with Crippen molar-refractivity contribution < 1.29 is 17.9 Å². The number of ether oxygens (including phenoxy) is 1. The predicted molar refractivity (Wildman–Crippen MR) is 68.7 cm³/mol. The van der Waals surface area contributed by atoms with Gasteiger partial charge in [0, 0.05) is 23.3 Å². The Morgan fingerprint density at radius 2 is 1.81 bits per heavy atom. The molecule has 1 N–H and O–H groups in total. The van der Waals surface area contributed by atoms with Gasteiger partial charge in [-0.05, 0) is 17.7 Å². The maximum atomic E-state index is 13.0. The first kappa shape index (κ1) is 13.3. The number of H-pyrrole nitrogens is 1. The molecule has 108 valence electrons. The lowest BCUT2D eigenvalue weighted by Gasteiger charge is -2.10. The summed E-state index contributed by atoms with van der Waals surface area (Å²) in [5.41, 5.74) is 0.352. The van der Waals surface area contributed by atoms with Crippen molar-refractivity contribution in [3.8, 4) is 17.1 Å². The zero-order valence-corrected chi connectivity index (χ0v) is 10.8. The lowest BCUT2D eigenvalue weighted by atomic mass is 10.0. The van der Waals surface area contributed by atoms with Crippen LogP contribution in [0.4, 0.5) is 13.2 Å². The van der Waals surface area contributed by atoms with Gasteiger partial charge in [0.15, 0.2) is 0 Å². The molecule has 0 unspecified atom stereocenters. The first-order chi connectivity index (χ1) is 9.99. The number of hydrogen-bond acceptors (Lipinski definition) is 4. The number of aromatic amines is 1. The van der Waals surface area contributed by atoms with Crippen LogP contribution in [0.5, 0.6) is 6.01 Å². The van der Waals surface area contributed by atoms with E-state index in [1.807, 2.05) is 0 Å². The molecule has 0 atom stereocenters. The second-order valence-corrected chi connectivity index (χ2v) is 4.31. The summed E-state index contributed by atoms with van der Waals surface area (Å²) >= 11 is 0. The van der Waals surface area contributed by atoms with E-state index < -0.39 is 11.7 Å². The van der Waals surface area contributed by atoms with Crippen LogP contribution in [0, 0.1) is 0 Å². The molecule has 5 nitrogen and oxygen atoms in total. The molecule has 0 aliphatic rings. The van der Waals surface area contributed by atoms with E-state index in [1.165, 1.54) is 25.7 Å². The van der Waals surface area contributed by atoms with Gasteiger partial charge in [0.1, 0.15) is 0 Å². The van der Waals surface area contributed by atoms with Gasteiger partial charge in [-0.15, -0.1) is 0 Å². The fraction of sp³-hybridized carbons (Fsp3) is 0.154. The maximum Gasteiger partial charge on any atom is 0.416 e. The SMILES string of the molecule is COc1ncc(-c2cc(C(F)(F)F)cc3[nH]ncc23)cn1. The van der Waals surface area contributed by atoms with Gasteiger partial charge in [-0.1, -0.05) is 0 Å². The van der Waals surface area contributed by atoms with Crippen LogP contribution in [-0.2, 0) is 6.18 Å². The standard InChI is InChI=1S/C13H9F3N4O/c1-21-12-17-4-7(5-18-12)9-2-8(13(14,15)16)3-11-10(9)6-19-20-11/h2-6H,1H3,(H,19,20). The quantitative estimate of drug-likeness (QED) is 0.789. The Labute approximate surface area is 116 Å². The summed E-state index contributed by atoms with van der Waals surface area (Å²) in [6.07, 6.45) is -0.155. The van der Waals surface area contributed by atoms with Crippen LogP contribution in [0.3, 0.4) is 0 Å². The minimum absolute atomic E-state index is 0.147. The van der Waals surface area contributed by atoms with Crippen molar-refractivity contribution >= 4 is 10.9 Å². The van der Waals surface area contributed by atoms with Gasteiger partial charge < -0.3 is 4.74 Å². The van der Waals surface area contributed by atoms with Crippen molar-refractivity contribution in [1.82, 2.24) is 20.2 Å². The fourth-order valence-corrected chi connectivity index (χ4v) is 2.01. The second kappa shape index (κ2) is 4.72. The molecule has 0 saturated heterocycles. The van der Waals surface area contributed by atoms with Crippen molar-refractivity contribution in [2.75, 3.05) is 7.11 Å². The number of nitrogens with one attached hydrogen (secondary N) is 1. The molecule has 2 aromatic heterocycles. The molecule has 0 aliphatic carbocycles. The summed E-state index contributed by atoms with van der Waals surface area (Å²) in [6, 6.07) is 2.23. The molecule has 0 fully saturated rings. The Balaban J connectivity index is 2.21. The second-order valence-electron chi connectivity index (χ2n) is 4.31. The highest BCUT2D eigenvalue weighted by Crippen LogP contribution is 2.36. The molecule has 0 spiro atoms. The Morgan fingerprint density at radius 3 is 2.43 bits per heavy atom. The Kier molecular flexibility index (Phi) is 3.00. The number of methoxy groups -OCH3 is 1. The Morgan fingerprint density at radius 1 is 1.10 bits per heavy atom. The number of aromatic nitrogens is 4. The van der Waals surface area contributed by atoms with Crippen molar-refractivity contribution in [3.63, 3.8) is 0 Å². The fourth-order valence-electron chi connectivity index (χ4n) is 2.01. The number of halogens is 3. The van der Waals surface area contributed by atoms with Crippen LogP contribution in [0.15, 0.2) is 30.7 Å². The number of hydrogen-bond donors (Lipinski definition) is 1.